The number of nitrogens with one attached hydrogen (secondary N) is 1. The average Bonchev–Trinajstić information content (AvgIpc) is 2.98. The number of para-hydroxylation sites is 2. The minimum Gasteiger partial charge on any atom is -0.507 e. The first-order valence-corrected chi connectivity index (χ1v) is 7.53. The minimum absolute atomic E-state index is 0.119. The lowest BCUT2D eigenvalue weighted by molar-refractivity contribution is 0.0952. The molecule has 0 saturated carbocycles. The van der Waals surface area contributed by atoms with E-state index in [1.165, 1.54) is 12.1 Å². The van der Waals surface area contributed by atoms with Crippen LogP contribution < -0.4 is 5.43 Å². The molecule has 0 saturated heterocycles. The Hall–Kier alpha value is -2.67. The number of nitrogens with zero attached hydrogens (tertiary/aromatic N) is 2. The quantitative estimate of drug-likeness (QED) is 0.543. The predicted molar refractivity (Wildman–Crippen MR) is 89.5 cm³/mol. The van der Waals surface area contributed by atoms with Gasteiger partial charge in [0, 0.05) is 4.47 Å². The highest BCUT2D eigenvalue weighted by atomic mass is 79.9. The van der Waals surface area contributed by atoms with E-state index in [2.05, 4.69) is 31.4 Å². The molecular formula is C16H12BrN3O3. The van der Waals surface area contributed by atoms with Gasteiger partial charge >= 0.3 is 0 Å². The van der Waals surface area contributed by atoms with Gasteiger partial charge in [-0.2, -0.15) is 5.10 Å². The average molecular weight is 374 g/mol. The number of rotatable bonds is 3. The molecule has 116 valence electrons. The fourth-order valence-corrected chi connectivity index (χ4v) is 2.32. The van der Waals surface area contributed by atoms with Crippen molar-refractivity contribution in [1.82, 2.24) is 10.4 Å². The van der Waals surface area contributed by atoms with Crippen LogP contribution in [0.25, 0.3) is 11.1 Å². The molecule has 0 fully saturated rings. The summed E-state index contributed by atoms with van der Waals surface area (Å²) in [4.78, 5) is 16.4. The van der Waals surface area contributed by atoms with Crippen molar-refractivity contribution in [2.24, 2.45) is 5.10 Å². The van der Waals surface area contributed by atoms with E-state index in [1.807, 2.05) is 18.2 Å². The number of carbonyl (C=O) groups is 1. The van der Waals surface area contributed by atoms with Gasteiger partial charge in [0.2, 0.25) is 5.89 Å². The molecule has 0 aliphatic carbocycles. The lowest BCUT2D eigenvalue weighted by Gasteiger charge is -2.04. The fourth-order valence-electron chi connectivity index (χ4n) is 1.96. The largest absolute Gasteiger partial charge is 0.507 e. The molecule has 0 aliphatic heterocycles. The summed E-state index contributed by atoms with van der Waals surface area (Å²) in [7, 11) is 0. The van der Waals surface area contributed by atoms with Crippen LogP contribution >= 0.6 is 15.9 Å². The van der Waals surface area contributed by atoms with E-state index in [4.69, 9.17) is 4.42 Å². The van der Waals surface area contributed by atoms with E-state index in [9.17, 15) is 9.90 Å². The monoisotopic (exact) mass is 373 g/mol. The molecule has 6 nitrogen and oxygen atoms in total. The summed E-state index contributed by atoms with van der Waals surface area (Å²) < 4.78 is 6.24. The summed E-state index contributed by atoms with van der Waals surface area (Å²) in [5.74, 6) is -0.329. The second kappa shape index (κ2) is 6.21. The Bertz CT molecular complexity index is 885. The second-order valence-corrected chi connectivity index (χ2v) is 5.70. The van der Waals surface area contributed by atoms with Gasteiger partial charge in [-0.25, -0.2) is 10.4 Å². The van der Waals surface area contributed by atoms with Gasteiger partial charge in [-0.05, 0) is 37.3 Å². The SMILES string of the molecule is C/C(=N\NC(=O)c1cc(Br)ccc1O)c1nc2ccccc2o1. The number of aromatic hydroxyl groups is 1. The molecule has 3 aromatic rings. The zero-order valence-electron chi connectivity index (χ0n) is 12.1. The normalized spacial score (nSPS) is 11.7. The van der Waals surface area contributed by atoms with Crippen molar-refractivity contribution in [2.45, 2.75) is 6.92 Å². The van der Waals surface area contributed by atoms with Gasteiger partial charge in [0.25, 0.3) is 5.91 Å². The van der Waals surface area contributed by atoms with Crippen molar-refractivity contribution in [2.75, 3.05) is 0 Å². The number of benzene rings is 2. The number of hydrogen-bond acceptors (Lipinski definition) is 5. The number of phenols is 1. The van der Waals surface area contributed by atoms with Crippen LogP contribution in [0.4, 0.5) is 0 Å². The molecule has 1 heterocycles. The van der Waals surface area contributed by atoms with Gasteiger partial charge in [0.05, 0.1) is 5.56 Å². The van der Waals surface area contributed by atoms with E-state index >= 15 is 0 Å². The molecule has 0 atom stereocenters. The number of amides is 1. The van der Waals surface area contributed by atoms with E-state index < -0.39 is 5.91 Å². The van der Waals surface area contributed by atoms with Gasteiger partial charge in [-0.3, -0.25) is 4.79 Å². The Morgan fingerprint density at radius 1 is 1.30 bits per heavy atom. The summed E-state index contributed by atoms with van der Waals surface area (Å²) in [6.45, 7) is 1.67. The highest BCUT2D eigenvalue weighted by Gasteiger charge is 2.12. The van der Waals surface area contributed by atoms with Crippen molar-refractivity contribution in [3.05, 3.63) is 58.4 Å². The van der Waals surface area contributed by atoms with Gasteiger partial charge in [0.15, 0.2) is 5.58 Å². The number of fused-ring (bicyclic) bond motifs is 1. The molecule has 0 bridgehead atoms. The fraction of sp³-hybridized carbons (Fsp3) is 0.0625. The molecule has 1 aromatic heterocycles. The van der Waals surface area contributed by atoms with Crippen molar-refractivity contribution >= 4 is 38.6 Å². The van der Waals surface area contributed by atoms with Crippen LogP contribution in [0.2, 0.25) is 0 Å². The van der Waals surface area contributed by atoms with E-state index in [0.717, 1.165) is 0 Å². The third-order valence-corrected chi connectivity index (χ3v) is 3.63. The van der Waals surface area contributed by atoms with Crippen molar-refractivity contribution in [1.29, 1.82) is 0 Å². The highest BCUT2D eigenvalue weighted by molar-refractivity contribution is 9.10. The Morgan fingerprint density at radius 3 is 2.87 bits per heavy atom. The number of carbonyl (C=O) groups excluding carboxylic acids is 1. The summed E-state index contributed by atoms with van der Waals surface area (Å²) in [6, 6.07) is 11.9. The lowest BCUT2D eigenvalue weighted by Crippen LogP contribution is -2.19. The van der Waals surface area contributed by atoms with Crippen LogP contribution in [0.5, 0.6) is 5.75 Å². The Labute approximate surface area is 140 Å². The first kappa shape index (κ1) is 15.2. The molecule has 0 spiro atoms. The van der Waals surface area contributed by atoms with Crippen molar-refractivity contribution in [3.8, 4) is 5.75 Å². The topological polar surface area (TPSA) is 87.7 Å². The molecule has 7 heteroatoms. The molecule has 0 radical (unpaired) electrons. The zero-order chi connectivity index (χ0) is 16.4. The Kier molecular flexibility index (Phi) is 4.12. The number of halogens is 1. The Balaban J connectivity index is 1.81. The molecule has 2 N–H and O–H groups in total. The van der Waals surface area contributed by atoms with Crippen LogP contribution in [0, 0.1) is 0 Å². The maximum absolute atomic E-state index is 12.1. The maximum atomic E-state index is 12.1. The number of oxazole rings is 1. The Morgan fingerprint density at radius 2 is 2.09 bits per heavy atom. The molecule has 0 aliphatic rings. The van der Waals surface area contributed by atoms with Crippen LogP contribution in [-0.4, -0.2) is 21.7 Å². The minimum atomic E-state index is -0.528. The zero-order valence-corrected chi connectivity index (χ0v) is 13.7. The van der Waals surface area contributed by atoms with Crippen molar-refractivity contribution < 1.29 is 14.3 Å². The predicted octanol–water partition coefficient (Wildman–Crippen LogP) is 3.45. The number of hydrogen-bond donors (Lipinski definition) is 2. The lowest BCUT2D eigenvalue weighted by atomic mass is 10.2. The third kappa shape index (κ3) is 3.24. The molecule has 1 amide bonds. The first-order chi connectivity index (χ1) is 11.0. The summed E-state index contributed by atoms with van der Waals surface area (Å²) in [5, 5.41) is 13.7. The van der Waals surface area contributed by atoms with E-state index in [0.29, 0.717) is 27.2 Å². The van der Waals surface area contributed by atoms with Crippen LogP contribution in [-0.2, 0) is 0 Å². The van der Waals surface area contributed by atoms with Crippen LogP contribution in [0.1, 0.15) is 23.2 Å². The maximum Gasteiger partial charge on any atom is 0.275 e. The molecule has 0 unspecified atom stereocenters. The molecule has 23 heavy (non-hydrogen) atoms. The van der Waals surface area contributed by atoms with Gasteiger partial charge in [-0.15, -0.1) is 0 Å². The smallest absolute Gasteiger partial charge is 0.275 e. The number of hydrazone groups is 1. The van der Waals surface area contributed by atoms with Crippen LogP contribution in [0.15, 0.2) is 56.5 Å². The van der Waals surface area contributed by atoms with E-state index in [-0.39, 0.29) is 11.3 Å². The van der Waals surface area contributed by atoms with Gasteiger partial charge in [-0.1, -0.05) is 28.1 Å². The summed E-state index contributed by atoms with van der Waals surface area (Å²) >= 11 is 3.25. The standard InChI is InChI=1S/C16H12BrN3O3/c1-9(16-18-12-4-2-3-5-14(12)23-16)19-20-15(22)11-8-10(17)6-7-13(11)21/h2-8,21H,1H3,(H,20,22)/b19-9+. The van der Waals surface area contributed by atoms with E-state index in [1.54, 1.807) is 19.1 Å². The number of phenolic OH excluding ortho intramolecular Hbond substituents is 1. The highest BCUT2D eigenvalue weighted by Crippen LogP contribution is 2.21. The second-order valence-electron chi connectivity index (χ2n) is 4.79. The number of aromatic nitrogens is 1. The molecule has 2 aromatic carbocycles. The van der Waals surface area contributed by atoms with Crippen molar-refractivity contribution in [3.63, 3.8) is 0 Å². The molecule has 3 rings (SSSR count). The summed E-state index contributed by atoms with van der Waals surface area (Å²) in [5.41, 5.74) is 4.28. The third-order valence-electron chi connectivity index (χ3n) is 3.13. The summed E-state index contributed by atoms with van der Waals surface area (Å²) in [6.07, 6.45) is 0. The molecular weight excluding hydrogens is 362 g/mol. The van der Waals surface area contributed by atoms with Crippen LogP contribution in [0.3, 0.4) is 0 Å². The van der Waals surface area contributed by atoms with Gasteiger partial charge in [0.1, 0.15) is 17.0 Å². The first-order valence-electron chi connectivity index (χ1n) is 6.73. The van der Waals surface area contributed by atoms with Gasteiger partial charge < -0.3 is 9.52 Å².